The van der Waals surface area contributed by atoms with E-state index in [4.69, 9.17) is 16.3 Å². The molecule has 0 bridgehead atoms. The molecule has 0 saturated carbocycles. The molecule has 0 unspecified atom stereocenters. The lowest BCUT2D eigenvalue weighted by molar-refractivity contribution is -0.137. The Hall–Kier alpha value is -2.59. The summed E-state index contributed by atoms with van der Waals surface area (Å²) in [6, 6.07) is 6.46. The lowest BCUT2D eigenvalue weighted by Crippen LogP contribution is -2.06. The fraction of sp³-hybridized carbons (Fsp3) is 0.188. The van der Waals surface area contributed by atoms with Gasteiger partial charge in [0.2, 0.25) is 5.88 Å². The minimum atomic E-state index is -4.61. The first kappa shape index (κ1) is 17.8. The number of hydrogen-bond acceptors (Lipinski definition) is 4. The third kappa shape index (κ3) is 3.84. The van der Waals surface area contributed by atoms with E-state index in [0.29, 0.717) is 11.4 Å². The molecule has 0 aliphatic heterocycles. The van der Waals surface area contributed by atoms with E-state index in [1.165, 1.54) is 12.1 Å². The SMILES string of the molecule is CC=Nc1cc(C#N)c(Oc2ccc(Cl)c(C(F)(F)F)c2)nc1C. The second-order valence-corrected chi connectivity index (χ2v) is 5.09. The maximum atomic E-state index is 12.9. The zero-order valence-corrected chi connectivity index (χ0v) is 13.4. The highest BCUT2D eigenvalue weighted by Crippen LogP contribution is 2.38. The molecule has 4 nitrogen and oxygen atoms in total. The van der Waals surface area contributed by atoms with Crippen LogP contribution in [-0.4, -0.2) is 11.2 Å². The number of aryl methyl sites for hydroxylation is 1. The molecule has 24 heavy (non-hydrogen) atoms. The Morgan fingerprint density at radius 1 is 1.33 bits per heavy atom. The molecule has 1 heterocycles. The van der Waals surface area contributed by atoms with Gasteiger partial charge in [0.1, 0.15) is 17.4 Å². The number of aromatic nitrogens is 1. The van der Waals surface area contributed by atoms with Gasteiger partial charge in [-0.2, -0.15) is 18.4 Å². The molecule has 0 saturated heterocycles. The van der Waals surface area contributed by atoms with E-state index in [1.807, 2.05) is 6.07 Å². The molecular weight excluding hydrogens is 343 g/mol. The summed E-state index contributed by atoms with van der Waals surface area (Å²) in [6.07, 6.45) is -3.07. The minimum absolute atomic E-state index is 0.0599. The average molecular weight is 354 g/mol. The van der Waals surface area contributed by atoms with Gasteiger partial charge in [-0.1, -0.05) is 11.6 Å². The summed E-state index contributed by atoms with van der Waals surface area (Å²) in [7, 11) is 0. The van der Waals surface area contributed by atoms with E-state index >= 15 is 0 Å². The van der Waals surface area contributed by atoms with Crippen molar-refractivity contribution in [2.24, 2.45) is 4.99 Å². The summed E-state index contributed by atoms with van der Waals surface area (Å²) in [4.78, 5) is 8.16. The number of alkyl halides is 3. The summed E-state index contributed by atoms with van der Waals surface area (Å²) < 4.78 is 44.0. The van der Waals surface area contributed by atoms with Crippen molar-refractivity contribution >= 4 is 23.5 Å². The lowest BCUT2D eigenvalue weighted by atomic mass is 10.2. The van der Waals surface area contributed by atoms with Crippen LogP contribution in [0.2, 0.25) is 5.02 Å². The van der Waals surface area contributed by atoms with Crippen LogP contribution in [0.25, 0.3) is 0 Å². The maximum absolute atomic E-state index is 12.9. The third-order valence-corrected chi connectivity index (χ3v) is 3.33. The van der Waals surface area contributed by atoms with Crippen LogP contribution in [0.3, 0.4) is 0 Å². The van der Waals surface area contributed by atoms with E-state index < -0.39 is 16.8 Å². The van der Waals surface area contributed by atoms with Crippen LogP contribution < -0.4 is 4.74 Å². The molecule has 0 aliphatic carbocycles. The summed E-state index contributed by atoms with van der Waals surface area (Å²) in [5.41, 5.74) is -0.00518. The first-order chi connectivity index (χ1) is 11.3. The lowest BCUT2D eigenvalue weighted by Gasteiger charge is -2.12. The van der Waals surface area contributed by atoms with E-state index in [2.05, 4.69) is 9.98 Å². The second-order valence-electron chi connectivity index (χ2n) is 4.69. The standard InChI is InChI=1S/C16H11ClF3N3O/c1-3-22-14-6-10(8-21)15(23-9(14)2)24-11-4-5-13(17)12(7-11)16(18,19)20/h3-7H,1-2H3. The van der Waals surface area contributed by atoms with Gasteiger partial charge in [-0.05, 0) is 38.1 Å². The van der Waals surface area contributed by atoms with Crippen LogP contribution in [0.15, 0.2) is 29.3 Å². The fourth-order valence-corrected chi connectivity index (χ4v) is 2.12. The van der Waals surface area contributed by atoms with Gasteiger partial charge in [0.05, 0.1) is 22.0 Å². The molecule has 0 radical (unpaired) electrons. The molecule has 0 amide bonds. The highest BCUT2D eigenvalue weighted by Gasteiger charge is 2.33. The monoisotopic (exact) mass is 353 g/mol. The second kappa shape index (κ2) is 6.89. The van der Waals surface area contributed by atoms with Crippen LogP contribution in [0.1, 0.15) is 23.7 Å². The van der Waals surface area contributed by atoms with Gasteiger partial charge in [0.15, 0.2) is 0 Å². The molecule has 2 aromatic rings. The van der Waals surface area contributed by atoms with Gasteiger partial charge in [0, 0.05) is 6.21 Å². The highest BCUT2D eigenvalue weighted by atomic mass is 35.5. The van der Waals surface area contributed by atoms with Crippen molar-refractivity contribution in [3.63, 3.8) is 0 Å². The summed E-state index contributed by atoms with van der Waals surface area (Å²) in [5, 5.41) is 8.75. The predicted molar refractivity (Wildman–Crippen MR) is 84.0 cm³/mol. The maximum Gasteiger partial charge on any atom is 0.417 e. The molecule has 0 N–H and O–H groups in total. The zero-order valence-electron chi connectivity index (χ0n) is 12.6. The van der Waals surface area contributed by atoms with Crippen LogP contribution in [-0.2, 0) is 6.18 Å². The molecule has 1 aromatic carbocycles. The Kier molecular flexibility index (Phi) is 5.10. The van der Waals surface area contributed by atoms with Crippen LogP contribution >= 0.6 is 11.6 Å². The normalized spacial score (nSPS) is 11.5. The minimum Gasteiger partial charge on any atom is -0.438 e. The first-order valence-electron chi connectivity index (χ1n) is 6.71. The Labute approximate surface area is 141 Å². The number of halogens is 4. The Morgan fingerprint density at radius 2 is 2.04 bits per heavy atom. The Bertz CT molecular complexity index is 842. The Morgan fingerprint density at radius 3 is 2.62 bits per heavy atom. The fourth-order valence-electron chi connectivity index (χ4n) is 1.90. The number of aliphatic imine (C=N–C) groups is 1. The van der Waals surface area contributed by atoms with Crippen LogP contribution in [0.4, 0.5) is 18.9 Å². The molecule has 0 fully saturated rings. The zero-order chi connectivity index (χ0) is 17.9. The van der Waals surface area contributed by atoms with Crippen LogP contribution in [0.5, 0.6) is 11.6 Å². The van der Waals surface area contributed by atoms with Crippen molar-refractivity contribution in [2.45, 2.75) is 20.0 Å². The van der Waals surface area contributed by atoms with Crippen molar-refractivity contribution in [2.75, 3.05) is 0 Å². The molecule has 8 heteroatoms. The van der Waals surface area contributed by atoms with Gasteiger partial charge in [-0.3, -0.25) is 4.99 Å². The molecule has 0 atom stereocenters. The summed E-state index contributed by atoms with van der Waals surface area (Å²) in [5.74, 6) is -0.220. The van der Waals surface area contributed by atoms with Crippen LogP contribution in [0, 0.1) is 18.3 Å². The van der Waals surface area contributed by atoms with Crippen molar-refractivity contribution in [1.29, 1.82) is 5.26 Å². The van der Waals surface area contributed by atoms with Crippen molar-refractivity contribution < 1.29 is 17.9 Å². The number of nitrogens with zero attached hydrogens (tertiary/aromatic N) is 3. The molecule has 2 rings (SSSR count). The number of rotatable bonds is 3. The van der Waals surface area contributed by atoms with Gasteiger partial charge in [0.25, 0.3) is 0 Å². The quantitative estimate of drug-likeness (QED) is 0.689. The van der Waals surface area contributed by atoms with E-state index in [9.17, 15) is 18.4 Å². The highest BCUT2D eigenvalue weighted by molar-refractivity contribution is 6.31. The summed E-state index contributed by atoms with van der Waals surface area (Å²) in [6.45, 7) is 3.36. The first-order valence-corrected chi connectivity index (χ1v) is 7.09. The van der Waals surface area contributed by atoms with Gasteiger partial charge in [-0.25, -0.2) is 4.98 Å². The van der Waals surface area contributed by atoms with Crippen molar-refractivity contribution in [1.82, 2.24) is 4.98 Å². The predicted octanol–water partition coefficient (Wildman–Crippen LogP) is 5.45. The number of ether oxygens (including phenoxy) is 1. The molecular formula is C16H11ClF3N3O. The Balaban J connectivity index is 2.45. The van der Waals surface area contributed by atoms with E-state index in [-0.39, 0.29) is 17.2 Å². The van der Waals surface area contributed by atoms with Gasteiger partial charge < -0.3 is 4.74 Å². The van der Waals surface area contributed by atoms with E-state index in [0.717, 1.165) is 12.1 Å². The van der Waals surface area contributed by atoms with Gasteiger partial charge >= 0.3 is 6.18 Å². The number of benzene rings is 1. The largest absolute Gasteiger partial charge is 0.438 e. The number of hydrogen-bond donors (Lipinski definition) is 0. The number of nitriles is 1. The van der Waals surface area contributed by atoms with Crippen molar-refractivity contribution in [3.05, 3.63) is 46.1 Å². The number of pyridine rings is 1. The van der Waals surface area contributed by atoms with E-state index in [1.54, 1.807) is 20.1 Å². The molecule has 1 aromatic heterocycles. The summed E-state index contributed by atoms with van der Waals surface area (Å²) >= 11 is 5.56. The molecule has 0 aliphatic rings. The average Bonchev–Trinajstić information content (AvgIpc) is 2.50. The van der Waals surface area contributed by atoms with Crippen molar-refractivity contribution in [3.8, 4) is 17.7 Å². The van der Waals surface area contributed by atoms with Gasteiger partial charge in [-0.15, -0.1) is 0 Å². The topological polar surface area (TPSA) is 58.3 Å². The third-order valence-electron chi connectivity index (χ3n) is 3.00. The smallest absolute Gasteiger partial charge is 0.417 e. The molecule has 124 valence electrons. The molecule has 0 spiro atoms.